The number of hydrogen-bond acceptors (Lipinski definition) is 2. The van der Waals surface area contributed by atoms with Crippen molar-refractivity contribution in [2.45, 2.75) is 46.2 Å². The molecular weight excluding hydrogens is 222 g/mol. The lowest BCUT2D eigenvalue weighted by Gasteiger charge is -2.17. The fourth-order valence-corrected chi connectivity index (χ4v) is 3.30. The molecule has 18 heavy (non-hydrogen) atoms. The van der Waals surface area contributed by atoms with Gasteiger partial charge >= 0.3 is 0 Å². The van der Waals surface area contributed by atoms with Crippen LogP contribution in [-0.4, -0.2) is 6.61 Å². The van der Waals surface area contributed by atoms with E-state index in [1.54, 1.807) is 0 Å². The Morgan fingerprint density at radius 1 is 1.28 bits per heavy atom. The van der Waals surface area contributed by atoms with Gasteiger partial charge in [0, 0.05) is 13.1 Å². The first-order chi connectivity index (χ1) is 8.62. The minimum atomic E-state index is 0.524. The molecule has 2 heteroatoms. The third-order valence-electron chi connectivity index (χ3n) is 4.36. The number of hydrogen-bond donors (Lipinski definition) is 1. The minimum Gasteiger partial charge on any atom is -0.493 e. The lowest BCUT2D eigenvalue weighted by molar-refractivity contribution is 0.238. The molecule has 1 aliphatic carbocycles. The lowest BCUT2D eigenvalue weighted by atomic mass is 9.91. The molecule has 1 aliphatic heterocycles. The summed E-state index contributed by atoms with van der Waals surface area (Å²) < 4.78 is 5.98. The van der Waals surface area contributed by atoms with Gasteiger partial charge < -0.3 is 10.1 Å². The van der Waals surface area contributed by atoms with E-state index in [4.69, 9.17) is 4.74 Å². The second-order valence-electron chi connectivity index (χ2n) is 6.62. The fraction of sp³-hybridized carbons (Fsp3) is 0.625. The Bertz CT molecular complexity index is 439. The summed E-state index contributed by atoms with van der Waals surface area (Å²) in [6.45, 7) is 7.62. The van der Waals surface area contributed by atoms with Crippen molar-refractivity contribution in [3.8, 4) is 5.75 Å². The van der Waals surface area contributed by atoms with E-state index in [1.807, 2.05) is 0 Å². The molecule has 0 amide bonds. The summed E-state index contributed by atoms with van der Waals surface area (Å²) in [7, 11) is 0. The van der Waals surface area contributed by atoms with Gasteiger partial charge in [0.05, 0.1) is 6.61 Å². The molecule has 0 bridgehead atoms. The van der Waals surface area contributed by atoms with E-state index in [-0.39, 0.29) is 0 Å². The second kappa shape index (κ2) is 4.58. The minimum absolute atomic E-state index is 0.524. The molecule has 1 aromatic rings. The smallest absolute Gasteiger partial charge is 0.119 e. The lowest BCUT2D eigenvalue weighted by Crippen LogP contribution is -2.11. The number of fused-ring (bicyclic) bond motifs is 1. The molecule has 1 atom stereocenters. The Balaban J connectivity index is 1.57. The molecule has 0 spiro atoms. The maximum absolute atomic E-state index is 5.98. The first-order valence-corrected chi connectivity index (χ1v) is 7.08. The van der Waals surface area contributed by atoms with Crippen molar-refractivity contribution >= 4 is 0 Å². The van der Waals surface area contributed by atoms with Gasteiger partial charge in [-0.1, -0.05) is 19.9 Å². The van der Waals surface area contributed by atoms with Crippen LogP contribution in [0.4, 0.5) is 0 Å². The summed E-state index contributed by atoms with van der Waals surface area (Å²) in [6.07, 6.45) is 3.97. The standard InChI is InChI=1S/C16H23NO/c1-16(2)6-5-12(8-16)11-18-15-4-3-13-9-17-10-14(13)7-15/h3-4,7,12,17H,5-6,8-11H2,1-2H3. The molecule has 0 radical (unpaired) electrons. The highest BCUT2D eigenvalue weighted by Gasteiger charge is 2.31. The van der Waals surface area contributed by atoms with E-state index in [9.17, 15) is 0 Å². The maximum Gasteiger partial charge on any atom is 0.119 e. The van der Waals surface area contributed by atoms with Gasteiger partial charge in [-0.25, -0.2) is 0 Å². The van der Waals surface area contributed by atoms with Gasteiger partial charge in [-0.15, -0.1) is 0 Å². The number of ether oxygens (including phenoxy) is 1. The van der Waals surface area contributed by atoms with Crippen molar-refractivity contribution in [1.29, 1.82) is 0 Å². The average molecular weight is 245 g/mol. The molecule has 2 aliphatic rings. The third kappa shape index (κ3) is 2.54. The molecule has 2 nitrogen and oxygen atoms in total. The molecule has 1 saturated carbocycles. The zero-order chi connectivity index (χ0) is 12.6. The van der Waals surface area contributed by atoms with Gasteiger partial charge in [0.1, 0.15) is 5.75 Å². The Labute approximate surface area is 110 Å². The Hall–Kier alpha value is -1.02. The summed E-state index contributed by atoms with van der Waals surface area (Å²) in [6, 6.07) is 6.52. The van der Waals surface area contributed by atoms with Crippen molar-refractivity contribution in [2.24, 2.45) is 11.3 Å². The van der Waals surface area contributed by atoms with E-state index in [0.717, 1.165) is 31.4 Å². The molecule has 1 heterocycles. The van der Waals surface area contributed by atoms with Gasteiger partial charge in [-0.2, -0.15) is 0 Å². The number of rotatable bonds is 3. The summed E-state index contributed by atoms with van der Waals surface area (Å²) in [5, 5.41) is 3.37. The molecule has 3 rings (SSSR count). The van der Waals surface area contributed by atoms with Gasteiger partial charge in [-0.05, 0) is 53.9 Å². The topological polar surface area (TPSA) is 21.3 Å². The molecule has 1 unspecified atom stereocenters. The van der Waals surface area contributed by atoms with Crippen LogP contribution in [0.1, 0.15) is 44.2 Å². The quantitative estimate of drug-likeness (QED) is 0.880. The largest absolute Gasteiger partial charge is 0.493 e. The molecule has 0 aromatic heterocycles. The predicted molar refractivity (Wildman–Crippen MR) is 73.6 cm³/mol. The molecule has 1 fully saturated rings. The van der Waals surface area contributed by atoms with Gasteiger partial charge in [-0.3, -0.25) is 0 Å². The fourth-order valence-electron chi connectivity index (χ4n) is 3.30. The van der Waals surface area contributed by atoms with E-state index in [2.05, 4.69) is 37.4 Å². The van der Waals surface area contributed by atoms with Crippen LogP contribution in [0.5, 0.6) is 5.75 Å². The van der Waals surface area contributed by atoms with Crippen LogP contribution < -0.4 is 10.1 Å². The first kappa shape index (κ1) is 12.0. The normalized spacial score (nSPS) is 25.1. The van der Waals surface area contributed by atoms with Crippen LogP contribution in [0.2, 0.25) is 0 Å². The monoisotopic (exact) mass is 245 g/mol. The number of benzene rings is 1. The Morgan fingerprint density at radius 2 is 2.11 bits per heavy atom. The molecule has 0 saturated heterocycles. The van der Waals surface area contributed by atoms with Crippen LogP contribution >= 0.6 is 0 Å². The molecule has 98 valence electrons. The van der Waals surface area contributed by atoms with Crippen molar-refractivity contribution in [1.82, 2.24) is 5.32 Å². The van der Waals surface area contributed by atoms with Crippen LogP contribution in [0, 0.1) is 11.3 Å². The van der Waals surface area contributed by atoms with Crippen molar-refractivity contribution in [3.63, 3.8) is 0 Å². The second-order valence-corrected chi connectivity index (χ2v) is 6.62. The van der Waals surface area contributed by atoms with Gasteiger partial charge in [0.15, 0.2) is 0 Å². The van der Waals surface area contributed by atoms with E-state index in [1.165, 1.54) is 30.4 Å². The first-order valence-electron chi connectivity index (χ1n) is 7.08. The van der Waals surface area contributed by atoms with Gasteiger partial charge in [0.2, 0.25) is 0 Å². The third-order valence-corrected chi connectivity index (χ3v) is 4.36. The van der Waals surface area contributed by atoms with Crippen LogP contribution in [0.25, 0.3) is 0 Å². The predicted octanol–water partition coefficient (Wildman–Crippen LogP) is 3.49. The average Bonchev–Trinajstić information content (AvgIpc) is 2.92. The summed E-state index contributed by atoms with van der Waals surface area (Å²) >= 11 is 0. The Kier molecular flexibility index (Phi) is 3.06. The zero-order valence-electron chi connectivity index (χ0n) is 11.5. The van der Waals surface area contributed by atoms with Crippen LogP contribution in [-0.2, 0) is 13.1 Å². The summed E-state index contributed by atoms with van der Waals surface area (Å²) in [5.41, 5.74) is 3.35. The molecule has 1 aromatic carbocycles. The maximum atomic E-state index is 5.98. The molecule has 1 N–H and O–H groups in total. The van der Waals surface area contributed by atoms with E-state index >= 15 is 0 Å². The highest BCUT2D eigenvalue weighted by molar-refractivity contribution is 5.37. The van der Waals surface area contributed by atoms with Crippen molar-refractivity contribution in [3.05, 3.63) is 29.3 Å². The van der Waals surface area contributed by atoms with Crippen LogP contribution in [0.3, 0.4) is 0 Å². The number of nitrogens with one attached hydrogen (secondary N) is 1. The summed E-state index contributed by atoms with van der Waals surface area (Å²) in [4.78, 5) is 0. The van der Waals surface area contributed by atoms with Crippen LogP contribution in [0.15, 0.2) is 18.2 Å². The Morgan fingerprint density at radius 3 is 2.89 bits per heavy atom. The van der Waals surface area contributed by atoms with Crippen molar-refractivity contribution < 1.29 is 4.74 Å². The zero-order valence-corrected chi connectivity index (χ0v) is 11.5. The van der Waals surface area contributed by atoms with E-state index < -0.39 is 0 Å². The van der Waals surface area contributed by atoms with Crippen molar-refractivity contribution in [2.75, 3.05) is 6.61 Å². The molecular formula is C16H23NO. The highest BCUT2D eigenvalue weighted by atomic mass is 16.5. The highest BCUT2D eigenvalue weighted by Crippen LogP contribution is 2.41. The van der Waals surface area contributed by atoms with E-state index in [0.29, 0.717) is 5.41 Å². The SMILES string of the molecule is CC1(C)CCC(COc2ccc3c(c2)CNC3)C1. The van der Waals surface area contributed by atoms with Gasteiger partial charge in [0.25, 0.3) is 0 Å². The summed E-state index contributed by atoms with van der Waals surface area (Å²) in [5.74, 6) is 1.79.